The average molecular weight is 294 g/mol. The number of nitrogens with one attached hydrogen (secondary N) is 1. The normalized spacial score (nSPS) is 12.7. The summed E-state index contributed by atoms with van der Waals surface area (Å²) in [5, 5.41) is 2.79. The molecule has 0 saturated heterocycles. The lowest BCUT2D eigenvalue weighted by molar-refractivity contribution is -0.118. The molecule has 0 aliphatic heterocycles. The second kappa shape index (κ2) is 9.14. The summed E-state index contributed by atoms with van der Waals surface area (Å²) < 4.78 is 0. The van der Waals surface area contributed by atoms with Crippen molar-refractivity contribution >= 4 is 36.4 Å². The maximum Gasteiger partial charge on any atom is 0.241 e. The van der Waals surface area contributed by atoms with E-state index in [0.717, 1.165) is 17.8 Å². The lowest BCUT2D eigenvalue weighted by atomic mass is 9.99. The van der Waals surface area contributed by atoms with Crippen LogP contribution in [0.15, 0.2) is 18.3 Å². The molecule has 4 nitrogen and oxygen atoms in total. The summed E-state index contributed by atoms with van der Waals surface area (Å²) in [4.78, 5) is 15.8. The van der Waals surface area contributed by atoms with Gasteiger partial charge >= 0.3 is 0 Å². The molecule has 0 bridgehead atoms. The van der Waals surface area contributed by atoms with Gasteiger partial charge in [-0.25, -0.2) is 0 Å². The number of aromatic nitrogens is 1. The van der Waals surface area contributed by atoms with Crippen LogP contribution in [0.1, 0.15) is 26.0 Å². The number of pyridine rings is 1. The number of halogens is 2. The highest BCUT2D eigenvalue weighted by molar-refractivity contribution is 5.94. The van der Waals surface area contributed by atoms with Gasteiger partial charge in [-0.15, -0.1) is 24.8 Å². The zero-order valence-corrected chi connectivity index (χ0v) is 12.5. The molecule has 1 heterocycles. The van der Waals surface area contributed by atoms with Gasteiger partial charge in [0, 0.05) is 17.6 Å². The number of hydrogen-bond donors (Lipinski definition) is 2. The summed E-state index contributed by atoms with van der Waals surface area (Å²) in [5.74, 6) is 0.0443. The standard InChI is InChI=1S/C12H19N3O.2ClH/c1-4-8(2)11(13)12(16)15-10-5-6-14-9(3)7-10;;/h5-8,11H,4,13H2,1-3H3,(H,14,15,16);2*1H. The lowest BCUT2D eigenvalue weighted by Crippen LogP contribution is -2.40. The second-order valence-electron chi connectivity index (χ2n) is 4.09. The maximum atomic E-state index is 11.8. The van der Waals surface area contributed by atoms with E-state index >= 15 is 0 Å². The fraction of sp³-hybridized carbons (Fsp3) is 0.500. The van der Waals surface area contributed by atoms with Crippen molar-refractivity contribution in [2.45, 2.75) is 33.2 Å². The van der Waals surface area contributed by atoms with E-state index in [4.69, 9.17) is 5.73 Å². The average Bonchev–Trinajstić information content (AvgIpc) is 2.27. The topological polar surface area (TPSA) is 68.0 Å². The first-order valence-corrected chi connectivity index (χ1v) is 5.53. The van der Waals surface area contributed by atoms with Crippen LogP contribution in [0.25, 0.3) is 0 Å². The predicted molar refractivity (Wildman–Crippen MR) is 79.5 cm³/mol. The van der Waals surface area contributed by atoms with Crippen LogP contribution in [-0.2, 0) is 4.79 Å². The van der Waals surface area contributed by atoms with E-state index in [1.54, 1.807) is 12.3 Å². The van der Waals surface area contributed by atoms with Crippen molar-refractivity contribution in [2.75, 3.05) is 5.32 Å². The first-order chi connectivity index (χ1) is 7.54. The van der Waals surface area contributed by atoms with Crippen molar-refractivity contribution in [2.24, 2.45) is 11.7 Å². The van der Waals surface area contributed by atoms with Crippen molar-refractivity contribution in [3.05, 3.63) is 24.0 Å². The molecule has 0 radical (unpaired) electrons. The first-order valence-electron chi connectivity index (χ1n) is 5.53. The van der Waals surface area contributed by atoms with Crippen LogP contribution >= 0.6 is 24.8 Å². The molecule has 6 heteroatoms. The highest BCUT2D eigenvalue weighted by atomic mass is 35.5. The molecular formula is C12H21Cl2N3O. The highest BCUT2D eigenvalue weighted by Gasteiger charge is 2.19. The fourth-order valence-corrected chi connectivity index (χ4v) is 1.36. The zero-order chi connectivity index (χ0) is 12.1. The number of aryl methyl sites for hydroxylation is 1. The van der Waals surface area contributed by atoms with Crippen LogP contribution in [0, 0.1) is 12.8 Å². The van der Waals surface area contributed by atoms with Gasteiger partial charge < -0.3 is 11.1 Å². The minimum Gasteiger partial charge on any atom is -0.325 e. The molecule has 0 aliphatic rings. The van der Waals surface area contributed by atoms with Gasteiger partial charge in [0.15, 0.2) is 0 Å². The smallest absolute Gasteiger partial charge is 0.241 e. The first kappa shape index (κ1) is 19.5. The highest BCUT2D eigenvalue weighted by Crippen LogP contribution is 2.10. The Morgan fingerprint density at radius 1 is 1.50 bits per heavy atom. The molecule has 0 aliphatic carbocycles. The molecule has 1 aromatic rings. The molecule has 0 saturated carbocycles. The number of carbonyl (C=O) groups is 1. The molecular weight excluding hydrogens is 273 g/mol. The maximum absolute atomic E-state index is 11.8. The van der Waals surface area contributed by atoms with Crippen molar-refractivity contribution in [3.63, 3.8) is 0 Å². The molecule has 1 aromatic heterocycles. The Bertz CT molecular complexity index is 374. The number of carbonyl (C=O) groups excluding carboxylic acids is 1. The Morgan fingerprint density at radius 2 is 2.11 bits per heavy atom. The number of amides is 1. The molecule has 1 rings (SSSR count). The molecule has 2 unspecified atom stereocenters. The van der Waals surface area contributed by atoms with E-state index in [0.29, 0.717) is 0 Å². The summed E-state index contributed by atoms with van der Waals surface area (Å²) in [7, 11) is 0. The van der Waals surface area contributed by atoms with E-state index in [1.807, 2.05) is 26.8 Å². The lowest BCUT2D eigenvalue weighted by Gasteiger charge is -2.17. The molecule has 0 fully saturated rings. The summed E-state index contributed by atoms with van der Waals surface area (Å²) in [6, 6.07) is 3.12. The van der Waals surface area contributed by atoms with Gasteiger partial charge in [-0.1, -0.05) is 20.3 Å². The molecule has 18 heavy (non-hydrogen) atoms. The van der Waals surface area contributed by atoms with Crippen molar-refractivity contribution in [1.29, 1.82) is 0 Å². The third-order valence-electron chi connectivity index (χ3n) is 2.72. The minimum absolute atomic E-state index is 0. The van der Waals surface area contributed by atoms with Crippen molar-refractivity contribution < 1.29 is 4.79 Å². The van der Waals surface area contributed by atoms with Gasteiger partial charge in [0.05, 0.1) is 6.04 Å². The number of nitrogens with two attached hydrogens (primary N) is 1. The van der Waals surface area contributed by atoms with Crippen LogP contribution in [0.2, 0.25) is 0 Å². The van der Waals surface area contributed by atoms with Gasteiger partial charge in [0.1, 0.15) is 0 Å². The Hall–Kier alpha value is -0.840. The van der Waals surface area contributed by atoms with E-state index in [1.165, 1.54) is 0 Å². The number of anilines is 1. The van der Waals surface area contributed by atoms with Crippen LogP contribution in [0.4, 0.5) is 5.69 Å². The van der Waals surface area contributed by atoms with Crippen LogP contribution in [0.3, 0.4) is 0 Å². The summed E-state index contributed by atoms with van der Waals surface area (Å²) in [6.07, 6.45) is 2.56. The SMILES string of the molecule is CCC(C)C(N)C(=O)Nc1ccnc(C)c1.Cl.Cl. The summed E-state index contributed by atoms with van der Waals surface area (Å²) >= 11 is 0. The van der Waals surface area contributed by atoms with Gasteiger partial charge in [-0.05, 0) is 25.0 Å². The Balaban J connectivity index is 0. The minimum atomic E-state index is -0.460. The molecule has 0 spiro atoms. The third kappa shape index (κ3) is 5.67. The van der Waals surface area contributed by atoms with Gasteiger partial charge in [-0.3, -0.25) is 9.78 Å². The summed E-state index contributed by atoms with van der Waals surface area (Å²) in [6.45, 7) is 5.88. The third-order valence-corrected chi connectivity index (χ3v) is 2.72. The van der Waals surface area contributed by atoms with Crippen LogP contribution < -0.4 is 11.1 Å². The zero-order valence-electron chi connectivity index (χ0n) is 10.8. The quantitative estimate of drug-likeness (QED) is 0.896. The second-order valence-corrected chi connectivity index (χ2v) is 4.09. The van der Waals surface area contributed by atoms with E-state index in [9.17, 15) is 4.79 Å². The predicted octanol–water partition coefficient (Wildman–Crippen LogP) is 2.55. The van der Waals surface area contributed by atoms with Crippen LogP contribution in [-0.4, -0.2) is 16.9 Å². The Labute approximate surface area is 121 Å². The van der Waals surface area contributed by atoms with Crippen molar-refractivity contribution in [3.8, 4) is 0 Å². The monoisotopic (exact) mass is 293 g/mol. The fourth-order valence-electron chi connectivity index (χ4n) is 1.36. The Kier molecular flexibility index (Phi) is 9.90. The van der Waals surface area contributed by atoms with E-state index < -0.39 is 6.04 Å². The molecule has 104 valence electrons. The van der Waals surface area contributed by atoms with Crippen LogP contribution in [0.5, 0.6) is 0 Å². The summed E-state index contributed by atoms with van der Waals surface area (Å²) in [5.41, 5.74) is 7.45. The Morgan fingerprint density at radius 3 is 2.61 bits per heavy atom. The number of nitrogens with zero attached hydrogens (tertiary/aromatic N) is 1. The molecule has 2 atom stereocenters. The largest absolute Gasteiger partial charge is 0.325 e. The van der Waals surface area contributed by atoms with E-state index in [2.05, 4.69) is 10.3 Å². The molecule has 0 aromatic carbocycles. The van der Waals surface area contributed by atoms with Gasteiger partial charge in [0.2, 0.25) is 5.91 Å². The van der Waals surface area contributed by atoms with Gasteiger partial charge in [-0.2, -0.15) is 0 Å². The van der Waals surface area contributed by atoms with Crippen molar-refractivity contribution in [1.82, 2.24) is 4.98 Å². The molecule has 3 N–H and O–H groups in total. The number of hydrogen-bond acceptors (Lipinski definition) is 3. The van der Waals surface area contributed by atoms with Gasteiger partial charge in [0.25, 0.3) is 0 Å². The molecule has 1 amide bonds. The van der Waals surface area contributed by atoms with E-state index in [-0.39, 0.29) is 36.6 Å². The number of rotatable bonds is 4.